The van der Waals surface area contributed by atoms with E-state index < -0.39 is 0 Å². The van der Waals surface area contributed by atoms with Gasteiger partial charge in [-0.05, 0) is 86.6 Å². The summed E-state index contributed by atoms with van der Waals surface area (Å²) in [4.78, 5) is 5.96. The lowest BCUT2D eigenvalue weighted by Gasteiger charge is -2.10. The third-order valence-electron chi connectivity index (χ3n) is 6.11. The Bertz CT molecular complexity index is 1070. The van der Waals surface area contributed by atoms with Crippen molar-refractivity contribution in [1.29, 1.82) is 0 Å². The van der Waals surface area contributed by atoms with Gasteiger partial charge in [-0.3, -0.25) is 0 Å². The molecule has 3 aromatic rings. The number of benzene rings is 2. The molecule has 0 spiro atoms. The first kappa shape index (κ1) is 23.9. The van der Waals surface area contributed by atoms with Crippen molar-refractivity contribution in [3.8, 4) is 22.8 Å². The minimum Gasteiger partial charge on any atom is -0.494 e. The molecule has 2 aromatic carbocycles. The number of nitrogens with two attached hydrogens (primary N) is 2. The average molecular weight is 481 g/mol. The summed E-state index contributed by atoms with van der Waals surface area (Å²) in [7, 11) is 0. The van der Waals surface area contributed by atoms with Gasteiger partial charge in [0, 0.05) is 16.0 Å². The molecule has 0 saturated heterocycles. The maximum atomic E-state index is 8.70. The number of rotatable bonds is 11. The maximum absolute atomic E-state index is 8.70. The molecule has 4 rings (SSSR count). The molecular weight excluding hydrogens is 448 g/mol. The average Bonchev–Trinajstić information content (AvgIpc) is 3.53. The largest absolute Gasteiger partial charge is 0.494 e. The second-order valence-electron chi connectivity index (χ2n) is 8.54. The molecule has 1 aliphatic carbocycles. The highest BCUT2D eigenvalue weighted by Gasteiger charge is 2.24. The highest BCUT2D eigenvalue weighted by molar-refractivity contribution is 7.15. The third-order valence-corrected chi connectivity index (χ3v) is 7.15. The second-order valence-corrected chi connectivity index (χ2v) is 9.60. The summed E-state index contributed by atoms with van der Waals surface area (Å²) in [6.45, 7) is 1.31. The summed E-state index contributed by atoms with van der Waals surface area (Å²) < 4.78 is 11.7. The molecule has 0 radical (unpaired) electrons. The van der Waals surface area contributed by atoms with Crippen LogP contribution >= 0.6 is 11.3 Å². The number of anilines is 1. The van der Waals surface area contributed by atoms with Gasteiger partial charge in [-0.2, -0.15) is 0 Å². The molecule has 0 bridgehead atoms. The summed E-state index contributed by atoms with van der Waals surface area (Å²) in [6, 6.07) is 15.4. The number of aromatic nitrogens is 1. The lowest BCUT2D eigenvalue weighted by Crippen LogP contribution is -2.12. The molecule has 34 heavy (non-hydrogen) atoms. The number of nitrogen functional groups attached to an aromatic ring is 1. The minimum absolute atomic E-state index is 0.0860. The molecular formula is C26H32N4O3S. The summed E-state index contributed by atoms with van der Waals surface area (Å²) in [5, 5.41) is 12.3. The van der Waals surface area contributed by atoms with Gasteiger partial charge in [0.25, 0.3) is 0 Å². The first-order valence-electron chi connectivity index (χ1n) is 11.8. The summed E-state index contributed by atoms with van der Waals surface area (Å²) in [6.07, 6.45) is 7.99. The first-order valence-corrected chi connectivity index (χ1v) is 12.7. The molecule has 1 aromatic heterocycles. The van der Waals surface area contributed by atoms with Gasteiger partial charge in [-0.1, -0.05) is 18.0 Å². The van der Waals surface area contributed by atoms with Crippen LogP contribution in [0.15, 0.2) is 53.7 Å². The Morgan fingerprint density at radius 2 is 1.53 bits per heavy atom. The Labute approximate surface area is 204 Å². The Hall–Kier alpha value is -3.26. The molecule has 0 aliphatic heterocycles. The van der Waals surface area contributed by atoms with E-state index in [0.29, 0.717) is 29.8 Å². The number of ether oxygens (including phenoxy) is 2. The lowest BCUT2D eigenvalue weighted by atomic mass is 10.0. The van der Waals surface area contributed by atoms with Crippen LogP contribution in [-0.4, -0.2) is 29.2 Å². The van der Waals surface area contributed by atoms with Gasteiger partial charge in [0.2, 0.25) is 0 Å². The van der Waals surface area contributed by atoms with Crippen molar-refractivity contribution in [2.75, 3.05) is 18.9 Å². The van der Waals surface area contributed by atoms with E-state index in [0.717, 1.165) is 42.0 Å². The summed E-state index contributed by atoms with van der Waals surface area (Å²) in [5.41, 5.74) is 14.4. The predicted octanol–water partition coefficient (Wildman–Crippen LogP) is 5.77. The molecule has 0 unspecified atom stereocenters. The van der Waals surface area contributed by atoms with Crippen molar-refractivity contribution in [1.82, 2.24) is 4.98 Å². The Morgan fingerprint density at radius 1 is 0.941 bits per heavy atom. The first-order chi connectivity index (χ1) is 16.6. The number of oxime groups is 1. The highest BCUT2D eigenvalue weighted by Crippen LogP contribution is 2.43. The monoisotopic (exact) mass is 480 g/mol. The van der Waals surface area contributed by atoms with Gasteiger partial charge in [-0.25, -0.2) is 4.98 Å². The van der Waals surface area contributed by atoms with Crippen molar-refractivity contribution >= 4 is 22.3 Å². The van der Waals surface area contributed by atoms with Gasteiger partial charge in [0.1, 0.15) is 11.5 Å². The van der Waals surface area contributed by atoms with E-state index in [1.54, 1.807) is 23.5 Å². The molecule has 5 N–H and O–H groups in total. The summed E-state index contributed by atoms with van der Waals surface area (Å²) in [5.74, 6) is 2.33. The van der Waals surface area contributed by atoms with Crippen LogP contribution in [0.1, 0.15) is 61.3 Å². The Morgan fingerprint density at radius 3 is 2.12 bits per heavy atom. The number of hydrogen-bond donors (Lipinski definition) is 3. The SMILES string of the molecule is NC(=NO)c1ccc(OCCCCCOc2ccc(-c3nc(N)sc3C3CCCC3)cc2)cc1. The fraction of sp³-hybridized carbons (Fsp3) is 0.385. The number of nitrogens with zero attached hydrogens (tertiary/aromatic N) is 2. The minimum atomic E-state index is 0.0860. The molecule has 1 saturated carbocycles. The van der Waals surface area contributed by atoms with Crippen LogP contribution in [0.2, 0.25) is 0 Å². The molecule has 8 heteroatoms. The van der Waals surface area contributed by atoms with E-state index in [4.69, 9.17) is 26.1 Å². The van der Waals surface area contributed by atoms with Gasteiger partial charge < -0.3 is 26.1 Å². The zero-order valence-corrected chi connectivity index (χ0v) is 20.1. The lowest BCUT2D eigenvalue weighted by molar-refractivity contribution is 0.279. The molecule has 0 amide bonds. The quantitative estimate of drug-likeness (QED) is 0.105. The number of amidine groups is 1. The standard InChI is InChI=1S/C26H32N4O3S/c27-25(30-31)20-10-14-22(15-11-20)33-17-5-1-4-16-32-21-12-8-18(9-13-21)23-24(34-26(28)29-23)19-6-2-3-7-19/h8-15,19,31H,1-7,16-17H2,(H2,27,30)(H2,28,29). The molecule has 1 aliphatic rings. The van der Waals surface area contributed by atoms with E-state index in [1.165, 1.54) is 30.6 Å². The van der Waals surface area contributed by atoms with Crippen molar-refractivity contribution < 1.29 is 14.7 Å². The Balaban J connectivity index is 1.16. The zero-order chi connectivity index (χ0) is 23.8. The van der Waals surface area contributed by atoms with Gasteiger partial charge in [0.05, 0.1) is 18.9 Å². The van der Waals surface area contributed by atoms with Crippen LogP contribution in [0.4, 0.5) is 5.13 Å². The fourth-order valence-electron chi connectivity index (χ4n) is 4.27. The van der Waals surface area contributed by atoms with E-state index >= 15 is 0 Å². The molecule has 1 heterocycles. The zero-order valence-electron chi connectivity index (χ0n) is 19.3. The smallest absolute Gasteiger partial charge is 0.180 e. The topological polar surface area (TPSA) is 116 Å². The van der Waals surface area contributed by atoms with Crippen molar-refractivity contribution in [3.05, 3.63) is 59.0 Å². The van der Waals surface area contributed by atoms with Crippen LogP contribution in [0.5, 0.6) is 11.5 Å². The molecule has 7 nitrogen and oxygen atoms in total. The molecule has 0 atom stereocenters. The third kappa shape index (κ3) is 6.20. The van der Waals surface area contributed by atoms with Gasteiger partial charge in [0.15, 0.2) is 11.0 Å². The number of unbranched alkanes of at least 4 members (excludes halogenated alkanes) is 2. The van der Waals surface area contributed by atoms with Gasteiger partial charge in [-0.15, -0.1) is 11.3 Å². The van der Waals surface area contributed by atoms with Crippen molar-refractivity contribution in [2.24, 2.45) is 10.9 Å². The van der Waals surface area contributed by atoms with Crippen LogP contribution in [0.25, 0.3) is 11.3 Å². The second kappa shape index (κ2) is 11.7. The van der Waals surface area contributed by atoms with Crippen LogP contribution in [-0.2, 0) is 0 Å². The van der Waals surface area contributed by atoms with Crippen molar-refractivity contribution in [2.45, 2.75) is 50.9 Å². The maximum Gasteiger partial charge on any atom is 0.180 e. The van der Waals surface area contributed by atoms with Crippen molar-refractivity contribution in [3.63, 3.8) is 0 Å². The fourth-order valence-corrected chi connectivity index (χ4v) is 5.30. The van der Waals surface area contributed by atoms with E-state index in [1.807, 2.05) is 24.3 Å². The predicted molar refractivity (Wildman–Crippen MR) is 137 cm³/mol. The highest BCUT2D eigenvalue weighted by atomic mass is 32.1. The van der Waals surface area contributed by atoms with E-state index in [2.05, 4.69) is 22.3 Å². The molecule has 1 fully saturated rings. The molecule has 180 valence electrons. The van der Waals surface area contributed by atoms with E-state index in [-0.39, 0.29) is 5.84 Å². The number of thiazole rings is 1. The Kier molecular flexibility index (Phi) is 8.25. The normalized spacial score (nSPS) is 14.4. The van der Waals surface area contributed by atoms with Crippen LogP contribution in [0.3, 0.4) is 0 Å². The van der Waals surface area contributed by atoms with E-state index in [9.17, 15) is 0 Å². The van der Waals surface area contributed by atoms with Crippen LogP contribution in [0, 0.1) is 0 Å². The van der Waals surface area contributed by atoms with Gasteiger partial charge >= 0.3 is 0 Å². The van der Waals surface area contributed by atoms with Crippen LogP contribution < -0.4 is 20.9 Å². The number of hydrogen-bond acceptors (Lipinski definition) is 7. The summed E-state index contributed by atoms with van der Waals surface area (Å²) >= 11 is 1.64.